The summed E-state index contributed by atoms with van der Waals surface area (Å²) in [5, 5.41) is 8.16. The average Bonchev–Trinajstić information content (AvgIpc) is 3.12. The molecule has 3 nitrogen and oxygen atoms in total. The van der Waals surface area contributed by atoms with Gasteiger partial charge in [0.15, 0.2) is 0 Å². The Hall–Kier alpha value is -1.61. The molecule has 3 heteroatoms. The van der Waals surface area contributed by atoms with Crippen LogP contribution >= 0.6 is 0 Å². The van der Waals surface area contributed by atoms with E-state index < -0.39 is 0 Å². The maximum absolute atomic E-state index is 4.60. The minimum atomic E-state index is 0.592. The van der Waals surface area contributed by atoms with Crippen LogP contribution in [0.5, 0.6) is 0 Å². The van der Waals surface area contributed by atoms with Crippen LogP contribution in [0.25, 0.3) is 5.69 Å². The van der Waals surface area contributed by atoms with E-state index in [-0.39, 0.29) is 0 Å². The van der Waals surface area contributed by atoms with Gasteiger partial charge in [0.1, 0.15) is 0 Å². The van der Waals surface area contributed by atoms with Gasteiger partial charge in [0.2, 0.25) is 0 Å². The van der Waals surface area contributed by atoms with Crippen molar-refractivity contribution in [1.82, 2.24) is 15.1 Å². The molecule has 1 heterocycles. The molecule has 1 saturated carbocycles. The molecule has 1 N–H and O–H groups in total. The summed E-state index contributed by atoms with van der Waals surface area (Å²) in [6, 6.07) is 12.9. The Morgan fingerprint density at radius 1 is 1.26 bits per heavy atom. The molecule has 1 aliphatic carbocycles. The Balaban J connectivity index is 1.55. The molecular weight excluding hydrogens is 234 g/mol. The lowest BCUT2D eigenvalue weighted by atomic mass is 10.1. The summed E-state index contributed by atoms with van der Waals surface area (Å²) in [7, 11) is 0. The number of benzene rings is 1. The largest absolute Gasteiger partial charge is 0.309 e. The lowest BCUT2D eigenvalue weighted by Crippen LogP contribution is -2.26. The molecule has 1 aromatic carbocycles. The molecule has 0 radical (unpaired) electrons. The molecule has 0 amide bonds. The molecule has 1 atom stereocenters. The second kappa shape index (κ2) is 5.57. The minimum Gasteiger partial charge on any atom is -0.309 e. The third-order valence-electron chi connectivity index (χ3n) is 3.68. The molecule has 2 aromatic rings. The normalized spacial score (nSPS) is 16.5. The highest BCUT2D eigenvalue weighted by Gasteiger charge is 2.23. The number of nitrogens with zero attached hydrogens (tertiary/aromatic N) is 2. The van der Waals surface area contributed by atoms with Crippen LogP contribution in [0, 0.1) is 5.92 Å². The molecule has 0 spiro atoms. The van der Waals surface area contributed by atoms with Gasteiger partial charge in [-0.1, -0.05) is 31.0 Å². The van der Waals surface area contributed by atoms with Crippen molar-refractivity contribution in [3.8, 4) is 5.69 Å². The third kappa shape index (κ3) is 3.44. The van der Waals surface area contributed by atoms with Gasteiger partial charge in [-0.25, -0.2) is 4.68 Å². The number of para-hydroxylation sites is 1. The highest BCUT2D eigenvalue weighted by molar-refractivity contribution is 5.30. The predicted molar refractivity (Wildman–Crippen MR) is 77.2 cm³/mol. The summed E-state index contributed by atoms with van der Waals surface area (Å²) < 4.78 is 1.93. The van der Waals surface area contributed by atoms with E-state index in [0.29, 0.717) is 6.04 Å². The Morgan fingerprint density at radius 2 is 2.05 bits per heavy atom. The highest BCUT2D eigenvalue weighted by atomic mass is 15.3. The first-order chi connectivity index (χ1) is 9.31. The van der Waals surface area contributed by atoms with Crippen LogP contribution in [0.1, 0.15) is 31.9 Å². The standard InChI is InChI=1S/C16H21N3/c1-13(11-14-7-8-14)17-12-15-9-10-19(18-15)16-5-3-2-4-6-16/h2-6,9-10,13-14,17H,7-8,11-12H2,1H3. The number of hydrogen-bond donors (Lipinski definition) is 1. The summed E-state index contributed by atoms with van der Waals surface area (Å²) in [4.78, 5) is 0. The summed E-state index contributed by atoms with van der Waals surface area (Å²) in [5.41, 5.74) is 2.21. The predicted octanol–water partition coefficient (Wildman–Crippen LogP) is 3.15. The first-order valence-corrected chi connectivity index (χ1v) is 7.14. The Morgan fingerprint density at radius 3 is 2.79 bits per heavy atom. The molecule has 1 fully saturated rings. The smallest absolute Gasteiger partial charge is 0.0766 e. The van der Waals surface area contributed by atoms with Crippen molar-refractivity contribution in [2.24, 2.45) is 5.92 Å². The van der Waals surface area contributed by atoms with Gasteiger partial charge in [-0.3, -0.25) is 0 Å². The van der Waals surface area contributed by atoms with Crippen LogP contribution < -0.4 is 5.32 Å². The molecular formula is C16H21N3. The number of rotatable bonds is 6. The second-order valence-electron chi connectivity index (χ2n) is 5.55. The average molecular weight is 255 g/mol. The van der Waals surface area contributed by atoms with Gasteiger partial charge >= 0.3 is 0 Å². The molecule has 0 bridgehead atoms. The Kier molecular flexibility index (Phi) is 3.65. The fraction of sp³-hybridized carbons (Fsp3) is 0.438. The van der Waals surface area contributed by atoms with E-state index in [9.17, 15) is 0 Å². The van der Waals surface area contributed by atoms with Crippen molar-refractivity contribution in [2.75, 3.05) is 0 Å². The highest BCUT2D eigenvalue weighted by Crippen LogP contribution is 2.33. The summed E-state index contributed by atoms with van der Waals surface area (Å²) in [6.45, 7) is 3.13. The lowest BCUT2D eigenvalue weighted by Gasteiger charge is -2.11. The van der Waals surface area contributed by atoms with Gasteiger partial charge in [0.05, 0.1) is 11.4 Å². The fourth-order valence-electron chi connectivity index (χ4n) is 2.40. The van der Waals surface area contributed by atoms with Crippen LogP contribution in [-0.4, -0.2) is 15.8 Å². The van der Waals surface area contributed by atoms with E-state index in [0.717, 1.165) is 23.8 Å². The van der Waals surface area contributed by atoms with Crippen molar-refractivity contribution in [3.63, 3.8) is 0 Å². The third-order valence-corrected chi connectivity index (χ3v) is 3.68. The molecule has 1 aromatic heterocycles. The van der Waals surface area contributed by atoms with E-state index in [2.05, 4.69) is 35.5 Å². The molecule has 3 rings (SSSR count). The van der Waals surface area contributed by atoms with Crippen molar-refractivity contribution in [1.29, 1.82) is 0 Å². The van der Waals surface area contributed by atoms with Crippen molar-refractivity contribution in [2.45, 2.75) is 38.8 Å². The molecule has 1 unspecified atom stereocenters. The van der Waals surface area contributed by atoms with Gasteiger partial charge in [0.25, 0.3) is 0 Å². The van der Waals surface area contributed by atoms with Crippen LogP contribution in [0.15, 0.2) is 42.6 Å². The Labute approximate surface area is 114 Å². The first-order valence-electron chi connectivity index (χ1n) is 7.14. The zero-order valence-corrected chi connectivity index (χ0v) is 11.4. The van der Waals surface area contributed by atoms with Crippen LogP contribution in [-0.2, 0) is 6.54 Å². The molecule has 1 aliphatic rings. The van der Waals surface area contributed by atoms with Crippen LogP contribution in [0.4, 0.5) is 0 Å². The van der Waals surface area contributed by atoms with Crippen molar-refractivity contribution >= 4 is 0 Å². The molecule has 0 aliphatic heterocycles. The lowest BCUT2D eigenvalue weighted by molar-refractivity contribution is 0.483. The quantitative estimate of drug-likeness (QED) is 0.859. The number of hydrogen-bond acceptors (Lipinski definition) is 2. The first kappa shape index (κ1) is 12.4. The topological polar surface area (TPSA) is 29.9 Å². The van der Waals surface area contributed by atoms with Crippen molar-refractivity contribution < 1.29 is 0 Å². The van der Waals surface area contributed by atoms with Gasteiger partial charge in [-0.05, 0) is 37.5 Å². The van der Waals surface area contributed by atoms with E-state index in [1.807, 2.05) is 29.1 Å². The molecule has 19 heavy (non-hydrogen) atoms. The van der Waals surface area contributed by atoms with Gasteiger partial charge < -0.3 is 5.32 Å². The SMILES string of the molecule is CC(CC1CC1)NCc1ccn(-c2ccccc2)n1. The molecule has 0 saturated heterocycles. The van der Waals surface area contributed by atoms with Crippen molar-refractivity contribution in [3.05, 3.63) is 48.3 Å². The van der Waals surface area contributed by atoms with Gasteiger partial charge in [0, 0.05) is 18.8 Å². The van der Waals surface area contributed by atoms with Gasteiger partial charge in [-0.2, -0.15) is 5.10 Å². The van der Waals surface area contributed by atoms with E-state index in [4.69, 9.17) is 0 Å². The maximum atomic E-state index is 4.60. The zero-order chi connectivity index (χ0) is 13.1. The van der Waals surface area contributed by atoms with Crippen LogP contribution in [0.2, 0.25) is 0 Å². The molecule has 100 valence electrons. The number of nitrogens with one attached hydrogen (secondary N) is 1. The number of aromatic nitrogens is 2. The maximum Gasteiger partial charge on any atom is 0.0766 e. The van der Waals surface area contributed by atoms with E-state index in [1.165, 1.54) is 19.3 Å². The minimum absolute atomic E-state index is 0.592. The van der Waals surface area contributed by atoms with E-state index in [1.54, 1.807) is 0 Å². The second-order valence-corrected chi connectivity index (χ2v) is 5.55. The van der Waals surface area contributed by atoms with E-state index >= 15 is 0 Å². The monoisotopic (exact) mass is 255 g/mol. The summed E-state index contributed by atoms with van der Waals surface area (Å²) in [5.74, 6) is 0.976. The van der Waals surface area contributed by atoms with Crippen LogP contribution in [0.3, 0.4) is 0 Å². The Bertz CT molecular complexity index is 514. The fourth-order valence-corrected chi connectivity index (χ4v) is 2.40. The summed E-state index contributed by atoms with van der Waals surface area (Å²) in [6.07, 6.45) is 6.18. The summed E-state index contributed by atoms with van der Waals surface area (Å²) >= 11 is 0. The zero-order valence-electron chi connectivity index (χ0n) is 11.4. The van der Waals surface area contributed by atoms with Gasteiger partial charge in [-0.15, -0.1) is 0 Å².